The Morgan fingerprint density at radius 2 is 2.14 bits per heavy atom. The van der Waals surface area contributed by atoms with E-state index in [1.54, 1.807) is 6.20 Å². The van der Waals surface area contributed by atoms with Crippen LogP contribution in [0.25, 0.3) is 0 Å². The molecule has 1 aromatic heterocycles. The molecular weight excluding hydrogens is 348 g/mol. The molecule has 0 unspecified atom stereocenters. The van der Waals surface area contributed by atoms with E-state index in [1.165, 1.54) is 6.42 Å². The van der Waals surface area contributed by atoms with E-state index >= 15 is 0 Å². The van der Waals surface area contributed by atoms with Crippen LogP contribution in [0.2, 0.25) is 0 Å². The van der Waals surface area contributed by atoms with E-state index in [2.05, 4.69) is 26.2 Å². The molecule has 0 bridgehead atoms. The van der Waals surface area contributed by atoms with Crippen LogP contribution in [-0.2, 0) is 15.1 Å². The molecule has 2 N–H and O–H groups in total. The molecular formula is C16H21BrN2O3. The van der Waals surface area contributed by atoms with Gasteiger partial charge in [0.05, 0.1) is 5.60 Å². The highest BCUT2D eigenvalue weighted by molar-refractivity contribution is 9.10. The van der Waals surface area contributed by atoms with Crippen LogP contribution in [0.1, 0.15) is 37.7 Å². The summed E-state index contributed by atoms with van der Waals surface area (Å²) >= 11 is 3.50. The van der Waals surface area contributed by atoms with Gasteiger partial charge >= 0.3 is 5.97 Å². The second kappa shape index (κ2) is 6.26. The van der Waals surface area contributed by atoms with Gasteiger partial charge in [-0.05, 0) is 66.1 Å². The first-order valence-corrected chi connectivity index (χ1v) is 8.52. The summed E-state index contributed by atoms with van der Waals surface area (Å²) in [5.41, 5.74) is 0.793. The largest absolute Gasteiger partial charge is 0.480 e. The number of hydrogen-bond donors (Lipinski definition) is 2. The predicted octanol–water partition coefficient (Wildman–Crippen LogP) is 2.69. The zero-order chi connectivity index (χ0) is 15.6. The summed E-state index contributed by atoms with van der Waals surface area (Å²) in [6.45, 7) is 1.88. The van der Waals surface area contributed by atoms with E-state index in [0.717, 1.165) is 48.9 Å². The van der Waals surface area contributed by atoms with Gasteiger partial charge in [0.1, 0.15) is 11.2 Å². The van der Waals surface area contributed by atoms with E-state index < -0.39 is 11.6 Å². The number of halogens is 1. The lowest BCUT2D eigenvalue weighted by molar-refractivity contribution is -0.156. The minimum Gasteiger partial charge on any atom is -0.480 e. The highest BCUT2D eigenvalue weighted by atomic mass is 79.9. The van der Waals surface area contributed by atoms with Crippen molar-refractivity contribution >= 4 is 21.9 Å². The van der Waals surface area contributed by atoms with Gasteiger partial charge in [-0.1, -0.05) is 6.07 Å². The van der Waals surface area contributed by atoms with Gasteiger partial charge in [0, 0.05) is 18.3 Å². The predicted molar refractivity (Wildman–Crippen MR) is 85.6 cm³/mol. The Kier molecular flexibility index (Phi) is 4.52. The zero-order valence-electron chi connectivity index (χ0n) is 12.5. The summed E-state index contributed by atoms with van der Waals surface area (Å²) in [6, 6.07) is 3.87. The first-order chi connectivity index (χ1) is 10.6. The second-order valence-electron chi connectivity index (χ2n) is 6.45. The topological polar surface area (TPSA) is 71.5 Å². The molecule has 0 atom stereocenters. The molecule has 6 heteroatoms. The molecule has 0 aromatic carbocycles. The molecule has 0 amide bonds. The van der Waals surface area contributed by atoms with Crippen molar-refractivity contribution < 1.29 is 14.6 Å². The van der Waals surface area contributed by atoms with Crippen molar-refractivity contribution in [3.63, 3.8) is 0 Å². The quantitative estimate of drug-likeness (QED) is 0.799. The van der Waals surface area contributed by atoms with E-state index in [1.807, 2.05) is 12.1 Å². The van der Waals surface area contributed by atoms with Crippen LogP contribution < -0.4 is 5.32 Å². The number of nitrogens with one attached hydrogen (secondary N) is 1. The van der Waals surface area contributed by atoms with Crippen molar-refractivity contribution in [2.45, 2.75) is 37.7 Å². The van der Waals surface area contributed by atoms with Crippen molar-refractivity contribution in [3.05, 3.63) is 28.5 Å². The molecule has 22 heavy (non-hydrogen) atoms. The minimum atomic E-state index is -0.929. The van der Waals surface area contributed by atoms with Crippen LogP contribution >= 0.6 is 15.9 Å². The molecule has 1 saturated heterocycles. The van der Waals surface area contributed by atoms with Gasteiger partial charge < -0.3 is 15.2 Å². The summed E-state index contributed by atoms with van der Waals surface area (Å²) in [4.78, 5) is 15.3. The average Bonchev–Trinajstić information content (AvgIpc) is 2.97. The lowest BCUT2D eigenvalue weighted by Gasteiger charge is -2.44. The third-order valence-electron chi connectivity index (χ3n) is 5.17. The molecule has 1 spiro atoms. The Bertz CT molecular complexity index is 548. The molecule has 2 fully saturated rings. The number of rotatable bonds is 4. The van der Waals surface area contributed by atoms with Crippen LogP contribution in [0, 0.1) is 5.41 Å². The average molecular weight is 369 g/mol. The smallest absolute Gasteiger partial charge is 0.329 e. The number of carboxylic acid groups (broad SMARTS) is 1. The number of ether oxygens (including phenoxy) is 1. The normalized spacial score (nSPS) is 31.5. The lowest BCUT2D eigenvalue weighted by Crippen LogP contribution is -2.41. The van der Waals surface area contributed by atoms with Crippen LogP contribution in [0.5, 0.6) is 0 Å². The third-order valence-corrected chi connectivity index (χ3v) is 5.80. The van der Waals surface area contributed by atoms with E-state index in [0.29, 0.717) is 5.41 Å². The fraction of sp³-hybridized carbons (Fsp3) is 0.625. The van der Waals surface area contributed by atoms with Crippen LogP contribution in [0.4, 0.5) is 0 Å². The monoisotopic (exact) mass is 368 g/mol. The van der Waals surface area contributed by atoms with Crippen LogP contribution in [0.3, 0.4) is 0 Å². The molecule has 120 valence electrons. The summed E-state index contributed by atoms with van der Waals surface area (Å²) in [5, 5.41) is 12.5. The maximum absolute atomic E-state index is 11.0. The first-order valence-electron chi connectivity index (χ1n) is 7.73. The third kappa shape index (κ3) is 3.05. The number of aliphatic carboxylic acids is 1. The Labute approximate surface area is 138 Å². The Hall–Kier alpha value is -0.980. The minimum absolute atomic E-state index is 0.271. The van der Waals surface area contributed by atoms with Crippen molar-refractivity contribution in [2.24, 2.45) is 5.41 Å². The number of carboxylic acids is 1. The summed E-state index contributed by atoms with van der Waals surface area (Å²) < 4.78 is 6.66. The molecule has 1 aliphatic heterocycles. The summed E-state index contributed by atoms with van der Waals surface area (Å²) in [5.74, 6) is -0.929. The van der Waals surface area contributed by atoms with Gasteiger partial charge in [-0.3, -0.25) is 0 Å². The van der Waals surface area contributed by atoms with E-state index in [4.69, 9.17) is 9.84 Å². The van der Waals surface area contributed by atoms with Crippen LogP contribution in [0.15, 0.2) is 22.9 Å². The summed E-state index contributed by atoms with van der Waals surface area (Å²) in [6.07, 6.45) is 6.72. The zero-order valence-corrected chi connectivity index (χ0v) is 14.1. The maximum atomic E-state index is 11.0. The second-order valence-corrected chi connectivity index (χ2v) is 7.20. The highest BCUT2D eigenvalue weighted by Crippen LogP contribution is 2.51. The van der Waals surface area contributed by atoms with Gasteiger partial charge in [0.2, 0.25) is 0 Å². The molecule has 3 rings (SSSR count). The van der Waals surface area contributed by atoms with Crippen LogP contribution in [-0.4, -0.2) is 35.8 Å². The van der Waals surface area contributed by atoms with Gasteiger partial charge in [-0.25, -0.2) is 9.78 Å². The number of aromatic nitrogens is 1. The number of nitrogens with zero attached hydrogens (tertiary/aromatic N) is 1. The number of pyridine rings is 1. The van der Waals surface area contributed by atoms with Crippen molar-refractivity contribution in [1.29, 1.82) is 0 Å². The SMILES string of the molecule is O=C(O)COC1(c2cccnc2Br)CCC2(CCNC2)CC1. The fourth-order valence-corrected chi connectivity index (χ4v) is 4.44. The molecule has 2 aliphatic rings. The van der Waals surface area contributed by atoms with Gasteiger partial charge in [0.25, 0.3) is 0 Å². The highest BCUT2D eigenvalue weighted by Gasteiger charge is 2.46. The fourth-order valence-electron chi connectivity index (χ4n) is 3.82. The lowest BCUT2D eigenvalue weighted by atomic mass is 9.66. The van der Waals surface area contributed by atoms with E-state index in [-0.39, 0.29) is 6.61 Å². The van der Waals surface area contributed by atoms with E-state index in [9.17, 15) is 4.79 Å². The Morgan fingerprint density at radius 3 is 2.73 bits per heavy atom. The molecule has 5 nitrogen and oxygen atoms in total. The Morgan fingerprint density at radius 1 is 1.36 bits per heavy atom. The first kappa shape index (κ1) is 15.9. The van der Waals surface area contributed by atoms with Crippen molar-refractivity contribution in [2.75, 3.05) is 19.7 Å². The Balaban J connectivity index is 1.85. The van der Waals surface area contributed by atoms with Crippen molar-refractivity contribution in [1.82, 2.24) is 10.3 Å². The standard InChI is InChI=1S/C16H21BrN2O3/c17-14-12(2-1-8-19-14)16(22-10-13(20)21)5-3-15(4-6-16)7-9-18-11-15/h1-2,8,18H,3-7,9-11H2,(H,20,21). The molecule has 1 aromatic rings. The molecule has 1 aliphatic carbocycles. The van der Waals surface area contributed by atoms with Crippen molar-refractivity contribution in [3.8, 4) is 0 Å². The number of carbonyl (C=O) groups is 1. The van der Waals surface area contributed by atoms with Gasteiger partial charge in [-0.15, -0.1) is 0 Å². The molecule has 2 heterocycles. The van der Waals surface area contributed by atoms with Gasteiger partial charge in [-0.2, -0.15) is 0 Å². The maximum Gasteiger partial charge on any atom is 0.329 e. The molecule has 1 saturated carbocycles. The molecule has 0 radical (unpaired) electrons. The summed E-state index contributed by atoms with van der Waals surface area (Å²) in [7, 11) is 0. The van der Waals surface area contributed by atoms with Gasteiger partial charge in [0.15, 0.2) is 0 Å². The number of hydrogen-bond acceptors (Lipinski definition) is 4.